The van der Waals surface area contributed by atoms with Crippen molar-refractivity contribution >= 4 is 22.8 Å². The number of piperidine rings is 1. The van der Waals surface area contributed by atoms with E-state index in [0.717, 1.165) is 23.7 Å². The quantitative estimate of drug-likeness (QED) is 0.753. The Kier molecular flexibility index (Phi) is 5.58. The van der Waals surface area contributed by atoms with Gasteiger partial charge >= 0.3 is 5.97 Å². The Labute approximate surface area is 158 Å². The highest BCUT2D eigenvalue weighted by molar-refractivity contribution is 6.02. The van der Waals surface area contributed by atoms with Crippen LogP contribution in [0.3, 0.4) is 0 Å². The van der Waals surface area contributed by atoms with Gasteiger partial charge in [-0.3, -0.25) is 9.59 Å². The lowest BCUT2D eigenvalue weighted by Crippen LogP contribution is -2.39. The number of carbonyl (C=O) groups excluding carboxylic acids is 2. The molecule has 1 aliphatic heterocycles. The number of benzene rings is 1. The number of hydrogen-bond acceptors (Lipinski definition) is 5. The largest absolute Gasteiger partial charge is 0.496 e. The normalized spacial score (nSPS) is 15.0. The van der Waals surface area contributed by atoms with Gasteiger partial charge in [-0.2, -0.15) is 0 Å². The molecule has 1 saturated heterocycles. The Morgan fingerprint density at radius 3 is 2.30 bits per heavy atom. The lowest BCUT2D eigenvalue weighted by atomic mass is 9.93. The topological polar surface area (TPSA) is 70.0 Å². The zero-order valence-corrected chi connectivity index (χ0v) is 16.3. The standard InChI is InChI=1S/C20H26N2O5/c1-21-15(12-14-16(25-2)5-6-17(26-3)19(14)21)20(24)22-9-7-13(8-10-22)11-18(23)27-4/h5-6,12-13H,7-11H2,1-4H3. The summed E-state index contributed by atoms with van der Waals surface area (Å²) < 4.78 is 17.5. The second-order valence-corrected chi connectivity index (χ2v) is 6.84. The van der Waals surface area contributed by atoms with E-state index in [4.69, 9.17) is 14.2 Å². The SMILES string of the molecule is COC(=O)CC1CCN(C(=O)c2cc3c(OC)ccc(OC)c3n2C)CC1. The number of esters is 1. The number of nitrogens with zero attached hydrogens (tertiary/aromatic N) is 2. The number of hydrogen-bond donors (Lipinski definition) is 0. The minimum Gasteiger partial charge on any atom is -0.496 e. The van der Waals surface area contributed by atoms with E-state index in [0.29, 0.717) is 36.7 Å². The Hall–Kier alpha value is -2.70. The van der Waals surface area contributed by atoms with Crippen molar-refractivity contribution in [2.75, 3.05) is 34.4 Å². The Bertz CT molecular complexity index is 850. The summed E-state index contributed by atoms with van der Waals surface area (Å²) in [6, 6.07) is 5.54. The highest BCUT2D eigenvalue weighted by atomic mass is 16.5. The number of methoxy groups -OCH3 is 3. The van der Waals surface area contributed by atoms with Crippen LogP contribution in [-0.2, 0) is 16.6 Å². The van der Waals surface area contributed by atoms with E-state index in [1.165, 1.54) is 7.11 Å². The molecule has 0 unspecified atom stereocenters. The molecule has 2 heterocycles. The molecular formula is C20H26N2O5. The van der Waals surface area contributed by atoms with Crippen LogP contribution in [0.5, 0.6) is 11.5 Å². The van der Waals surface area contributed by atoms with E-state index in [1.807, 2.05) is 34.7 Å². The van der Waals surface area contributed by atoms with Gasteiger partial charge in [0, 0.05) is 31.9 Å². The van der Waals surface area contributed by atoms with Gasteiger partial charge in [0.15, 0.2) is 0 Å². The van der Waals surface area contributed by atoms with Gasteiger partial charge in [0.1, 0.15) is 17.2 Å². The fourth-order valence-electron chi connectivity index (χ4n) is 3.78. The molecule has 7 heteroatoms. The van der Waals surface area contributed by atoms with Crippen LogP contribution in [0.15, 0.2) is 18.2 Å². The number of ether oxygens (including phenoxy) is 3. The third kappa shape index (κ3) is 3.59. The number of amides is 1. The van der Waals surface area contributed by atoms with Gasteiger partial charge in [-0.15, -0.1) is 0 Å². The molecule has 1 aromatic carbocycles. The fraction of sp³-hybridized carbons (Fsp3) is 0.500. The van der Waals surface area contributed by atoms with E-state index in [1.54, 1.807) is 14.2 Å². The van der Waals surface area contributed by atoms with Crippen molar-refractivity contribution in [1.82, 2.24) is 9.47 Å². The zero-order valence-electron chi connectivity index (χ0n) is 16.3. The van der Waals surface area contributed by atoms with Crippen LogP contribution in [0.4, 0.5) is 0 Å². The highest BCUT2D eigenvalue weighted by Crippen LogP contribution is 2.35. The molecule has 1 amide bonds. The van der Waals surface area contributed by atoms with Gasteiger partial charge in [-0.1, -0.05) is 0 Å². The molecular weight excluding hydrogens is 348 g/mol. The second-order valence-electron chi connectivity index (χ2n) is 6.84. The molecule has 7 nitrogen and oxygen atoms in total. The first-order chi connectivity index (χ1) is 13.0. The zero-order chi connectivity index (χ0) is 19.6. The number of aromatic nitrogens is 1. The van der Waals surface area contributed by atoms with E-state index in [2.05, 4.69) is 0 Å². The summed E-state index contributed by atoms with van der Waals surface area (Å²) in [5.41, 5.74) is 1.43. The van der Waals surface area contributed by atoms with E-state index in [-0.39, 0.29) is 17.8 Å². The maximum Gasteiger partial charge on any atom is 0.305 e. The first-order valence-corrected chi connectivity index (χ1v) is 9.06. The summed E-state index contributed by atoms with van der Waals surface area (Å²) in [6.07, 6.45) is 2.02. The molecule has 0 spiro atoms. The van der Waals surface area contributed by atoms with Crippen LogP contribution in [0.25, 0.3) is 10.9 Å². The molecule has 0 atom stereocenters. The maximum atomic E-state index is 13.1. The van der Waals surface area contributed by atoms with Crippen LogP contribution in [0, 0.1) is 5.92 Å². The number of rotatable bonds is 5. The number of likely N-dealkylation sites (tertiary alicyclic amines) is 1. The van der Waals surface area contributed by atoms with Gasteiger partial charge in [-0.05, 0) is 37.0 Å². The molecule has 3 rings (SSSR count). The van der Waals surface area contributed by atoms with E-state index < -0.39 is 0 Å². The number of fused-ring (bicyclic) bond motifs is 1. The van der Waals surface area contributed by atoms with Crippen molar-refractivity contribution in [2.24, 2.45) is 13.0 Å². The van der Waals surface area contributed by atoms with Crippen molar-refractivity contribution in [1.29, 1.82) is 0 Å². The van der Waals surface area contributed by atoms with E-state index >= 15 is 0 Å². The van der Waals surface area contributed by atoms with Crippen LogP contribution in [0.2, 0.25) is 0 Å². The average molecular weight is 374 g/mol. The summed E-state index contributed by atoms with van der Waals surface area (Å²) >= 11 is 0. The number of carbonyl (C=O) groups is 2. The fourth-order valence-corrected chi connectivity index (χ4v) is 3.78. The summed E-state index contributed by atoms with van der Waals surface area (Å²) in [6.45, 7) is 1.27. The van der Waals surface area contributed by atoms with E-state index in [9.17, 15) is 9.59 Å². The van der Waals surface area contributed by atoms with Crippen molar-refractivity contribution in [3.63, 3.8) is 0 Å². The van der Waals surface area contributed by atoms with Gasteiger partial charge < -0.3 is 23.7 Å². The average Bonchev–Trinajstić information content (AvgIpc) is 3.05. The predicted molar refractivity (Wildman–Crippen MR) is 101 cm³/mol. The molecule has 1 fully saturated rings. The van der Waals surface area contributed by atoms with Gasteiger partial charge in [0.2, 0.25) is 0 Å². The lowest BCUT2D eigenvalue weighted by molar-refractivity contribution is -0.142. The summed E-state index contributed by atoms with van der Waals surface area (Å²) in [5, 5.41) is 0.850. The molecule has 0 N–H and O–H groups in total. The summed E-state index contributed by atoms with van der Waals surface area (Å²) in [5.74, 6) is 1.47. The maximum absolute atomic E-state index is 13.1. The summed E-state index contributed by atoms with van der Waals surface area (Å²) in [7, 11) is 6.49. The molecule has 1 aliphatic rings. The van der Waals surface area contributed by atoms with Crippen molar-refractivity contribution in [3.8, 4) is 11.5 Å². The van der Waals surface area contributed by atoms with Crippen molar-refractivity contribution in [2.45, 2.75) is 19.3 Å². The third-order valence-electron chi connectivity index (χ3n) is 5.36. The van der Waals surface area contributed by atoms with Gasteiger partial charge in [-0.25, -0.2) is 0 Å². The Balaban J connectivity index is 1.83. The molecule has 0 radical (unpaired) electrons. The van der Waals surface area contributed by atoms with Crippen LogP contribution >= 0.6 is 0 Å². The molecule has 2 aromatic rings. The summed E-state index contributed by atoms with van der Waals surface area (Å²) in [4.78, 5) is 26.4. The lowest BCUT2D eigenvalue weighted by Gasteiger charge is -2.31. The van der Waals surface area contributed by atoms with Crippen molar-refractivity contribution < 1.29 is 23.8 Å². The van der Waals surface area contributed by atoms with Crippen molar-refractivity contribution in [3.05, 3.63) is 23.9 Å². The first-order valence-electron chi connectivity index (χ1n) is 9.06. The smallest absolute Gasteiger partial charge is 0.305 e. The molecule has 1 aromatic heterocycles. The third-order valence-corrected chi connectivity index (χ3v) is 5.36. The molecule has 0 aliphatic carbocycles. The molecule has 0 bridgehead atoms. The van der Waals surface area contributed by atoms with Crippen LogP contribution in [-0.4, -0.2) is 55.8 Å². The van der Waals surface area contributed by atoms with Crippen LogP contribution < -0.4 is 9.47 Å². The highest BCUT2D eigenvalue weighted by Gasteiger charge is 2.28. The first kappa shape index (κ1) is 19.1. The minimum atomic E-state index is -0.187. The monoisotopic (exact) mass is 374 g/mol. The second kappa shape index (κ2) is 7.90. The molecule has 146 valence electrons. The molecule has 0 saturated carbocycles. The Morgan fingerprint density at radius 1 is 1.07 bits per heavy atom. The minimum absolute atomic E-state index is 0.0191. The Morgan fingerprint density at radius 2 is 1.70 bits per heavy atom. The number of aryl methyl sites for hydroxylation is 1. The van der Waals surface area contributed by atoms with Gasteiger partial charge in [0.05, 0.1) is 26.8 Å². The predicted octanol–water partition coefficient (Wildman–Crippen LogP) is 2.61. The van der Waals surface area contributed by atoms with Crippen LogP contribution in [0.1, 0.15) is 29.8 Å². The van der Waals surface area contributed by atoms with Gasteiger partial charge in [0.25, 0.3) is 5.91 Å². The molecule has 27 heavy (non-hydrogen) atoms.